The smallest absolute Gasteiger partial charge is 0.352 e. The predicted octanol–water partition coefficient (Wildman–Crippen LogP) is 0.908. The van der Waals surface area contributed by atoms with Gasteiger partial charge in [-0.15, -0.1) is 5.10 Å². The van der Waals surface area contributed by atoms with E-state index in [0.717, 1.165) is 12.3 Å². The van der Waals surface area contributed by atoms with Gasteiger partial charge >= 0.3 is 12.2 Å². The zero-order valence-electron chi connectivity index (χ0n) is 10.6. The van der Waals surface area contributed by atoms with Gasteiger partial charge in [0.2, 0.25) is 0 Å². The highest BCUT2D eigenvalue weighted by molar-refractivity contribution is 5.71. The van der Waals surface area contributed by atoms with Crippen LogP contribution in [0.25, 0.3) is 0 Å². The standard InChI is InChI=1S/C11H11F3N6O/c12-11(13,14)7-1-2-8(16-3-7)5-20-6-9(18-19-20)4-17-10(15)21/h1-3,6H,4-5H2,(H3,15,17,21). The number of nitrogens with two attached hydrogens (primary N) is 1. The Kier molecular flexibility index (Phi) is 4.05. The second kappa shape index (κ2) is 5.77. The van der Waals surface area contributed by atoms with Gasteiger partial charge in [0.25, 0.3) is 0 Å². The Morgan fingerprint density at radius 3 is 2.67 bits per heavy atom. The molecular weight excluding hydrogens is 289 g/mol. The number of alkyl halides is 3. The largest absolute Gasteiger partial charge is 0.417 e. The lowest BCUT2D eigenvalue weighted by atomic mass is 10.2. The molecule has 0 aliphatic carbocycles. The van der Waals surface area contributed by atoms with Gasteiger partial charge in [0.1, 0.15) is 5.69 Å². The van der Waals surface area contributed by atoms with E-state index in [-0.39, 0.29) is 13.1 Å². The number of pyridine rings is 1. The minimum atomic E-state index is -4.41. The van der Waals surface area contributed by atoms with Crippen molar-refractivity contribution in [3.05, 3.63) is 41.5 Å². The molecule has 3 N–H and O–H groups in total. The summed E-state index contributed by atoms with van der Waals surface area (Å²) in [6, 6.07) is 1.54. The fraction of sp³-hybridized carbons (Fsp3) is 0.273. The first-order chi connectivity index (χ1) is 9.84. The number of urea groups is 1. The molecule has 0 aromatic carbocycles. The molecular formula is C11H11F3N6O. The highest BCUT2D eigenvalue weighted by atomic mass is 19.4. The van der Waals surface area contributed by atoms with Crippen molar-refractivity contribution in [3.8, 4) is 0 Å². The van der Waals surface area contributed by atoms with Crippen molar-refractivity contribution in [2.45, 2.75) is 19.3 Å². The Hall–Kier alpha value is -2.65. The Balaban J connectivity index is 2.00. The van der Waals surface area contributed by atoms with Crippen molar-refractivity contribution >= 4 is 6.03 Å². The van der Waals surface area contributed by atoms with Gasteiger partial charge in [0.15, 0.2) is 0 Å². The first-order valence-electron chi connectivity index (χ1n) is 5.79. The average molecular weight is 300 g/mol. The number of rotatable bonds is 4. The van der Waals surface area contributed by atoms with E-state index in [9.17, 15) is 18.0 Å². The summed E-state index contributed by atoms with van der Waals surface area (Å²) >= 11 is 0. The van der Waals surface area contributed by atoms with Gasteiger partial charge in [0, 0.05) is 6.20 Å². The number of aromatic nitrogens is 4. The van der Waals surface area contributed by atoms with Crippen LogP contribution in [0.4, 0.5) is 18.0 Å². The minimum Gasteiger partial charge on any atom is -0.352 e. The molecule has 0 fully saturated rings. The number of nitrogens with one attached hydrogen (secondary N) is 1. The molecule has 0 spiro atoms. The first kappa shape index (κ1) is 14.8. The van der Waals surface area contributed by atoms with Crippen molar-refractivity contribution in [1.82, 2.24) is 25.3 Å². The summed E-state index contributed by atoms with van der Waals surface area (Å²) in [5.41, 5.74) is 4.98. The van der Waals surface area contributed by atoms with Crippen LogP contribution in [0.1, 0.15) is 17.0 Å². The lowest BCUT2D eigenvalue weighted by molar-refractivity contribution is -0.137. The number of halogens is 3. The highest BCUT2D eigenvalue weighted by Crippen LogP contribution is 2.28. The van der Waals surface area contributed by atoms with Crippen LogP contribution < -0.4 is 11.1 Å². The molecule has 2 amide bonds. The molecule has 0 radical (unpaired) electrons. The number of nitrogens with zero attached hydrogens (tertiary/aromatic N) is 4. The van der Waals surface area contributed by atoms with Crippen molar-refractivity contribution in [2.24, 2.45) is 5.73 Å². The SMILES string of the molecule is NC(=O)NCc1cn(Cc2ccc(C(F)(F)F)cn2)nn1. The summed E-state index contributed by atoms with van der Waals surface area (Å²) in [5, 5.41) is 9.89. The van der Waals surface area contributed by atoms with E-state index in [1.165, 1.54) is 16.9 Å². The quantitative estimate of drug-likeness (QED) is 0.876. The second-order valence-electron chi connectivity index (χ2n) is 4.16. The van der Waals surface area contributed by atoms with Gasteiger partial charge in [-0.3, -0.25) is 4.98 Å². The topological polar surface area (TPSA) is 98.7 Å². The summed E-state index contributed by atoms with van der Waals surface area (Å²) in [6.45, 7) is 0.289. The van der Waals surface area contributed by atoms with Gasteiger partial charge < -0.3 is 11.1 Å². The lowest BCUT2D eigenvalue weighted by Crippen LogP contribution is -2.28. The minimum absolute atomic E-state index is 0.121. The van der Waals surface area contributed by atoms with Crippen molar-refractivity contribution in [3.63, 3.8) is 0 Å². The van der Waals surface area contributed by atoms with E-state index in [4.69, 9.17) is 5.73 Å². The zero-order valence-corrected chi connectivity index (χ0v) is 10.6. The summed E-state index contributed by atoms with van der Waals surface area (Å²) < 4.78 is 38.6. The van der Waals surface area contributed by atoms with Gasteiger partial charge in [-0.1, -0.05) is 5.21 Å². The highest BCUT2D eigenvalue weighted by Gasteiger charge is 2.30. The summed E-state index contributed by atoms with van der Waals surface area (Å²) in [6.07, 6.45) is -2.11. The van der Waals surface area contributed by atoms with E-state index in [2.05, 4.69) is 20.6 Å². The molecule has 2 rings (SSSR count). The Labute approximate surface area is 117 Å². The van der Waals surface area contributed by atoms with Crippen LogP contribution >= 0.6 is 0 Å². The number of carbonyl (C=O) groups is 1. The van der Waals surface area contributed by atoms with Crippen LogP contribution in [0.3, 0.4) is 0 Å². The predicted molar refractivity (Wildman–Crippen MR) is 64.8 cm³/mol. The van der Waals surface area contributed by atoms with E-state index in [0.29, 0.717) is 11.4 Å². The maximum atomic E-state index is 12.4. The van der Waals surface area contributed by atoms with E-state index < -0.39 is 17.8 Å². The average Bonchev–Trinajstić information content (AvgIpc) is 2.83. The third kappa shape index (κ3) is 4.16. The number of amides is 2. The van der Waals surface area contributed by atoms with E-state index >= 15 is 0 Å². The van der Waals surface area contributed by atoms with E-state index in [1.807, 2.05) is 0 Å². The third-order valence-electron chi connectivity index (χ3n) is 2.51. The van der Waals surface area contributed by atoms with Crippen molar-refractivity contribution in [2.75, 3.05) is 0 Å². The molecule has 7 nitrogen and oxygen atoms in total. The molecule has 0 unspecified atom stereocenters. The summed E-state index contributed by atoms with van der Waals surface area (Å²) in [7, 11) is 0. The third-order valence-corrected chi connectivity index (χ3v) is 2.51. The Morgan fingerprint density at radius 2 is 2.10 bits per heavy atom. The molecule has 0 atom stereocenters. The lowest BCUT2D eigenvalue weighted by Gasteiger charge is -2.06. The monoisotopic (exact) mass is 300 g/mol. The normalized spacial score (nSPS) is 11.4. The number of hydrogen-bond acceptors (Lipinski definition) is 4. The molecule has 2 aromatic rings. The van der Waals surface area contributed by atoms with Gasteiger partial charge in [0.05, 0.1) is 30.5 Å². The fourth-order valence-corrected chi connectivity index (χ4v) is 1.53. The Morgan fingerprint density at radius 1 is 1.33 bits per heavy atom. The molecule has 112 valence electrons. The zero-order chi connectivity index (χ0) is 15.5. The summed E-state index contributed by atoms with van der Waals surface area (Å²) in [4.78, 5) is 14.3. The van der Waals surface area contributed by atoms with Gasteiger partial charge in [-0.2, -0.15) is 13.2 Å². The van der Waals surface area contributed by atoms with Crippen molar-refractivity contribution < 1.29 is 18.0 Å². The first-order valence-corrected chi connectivity index (χ1v) is 5.79. The molecule has 0 bridgehead atoms. The Bertz CT molecular complexity index is 622. The molecule has 0 saturated heterocycles. The second-order valence-corrected chi connectivity index (χ2v) is 4.16. The van der Waals surface area contributed by atoms with Gasteiger partial charge in [-0.05, 0) is 12.1 Å². The molecule has 0 aliphatic heterocycles. The summed E-state index contributed by atoms with van der Waals surface area (Å²) in [5.74, 6) is 0. The molecule has 10 heteroatoms. The van der Waals surface area contributed by atoms with Crippen LogP contribution in [0.5, 0.6) is 0 Å². The fourth-order valence-electron chi connectivity index (χ4n) is 1.53. The van der Waals surface area contributed by atoms with Crippen LogP contribution in [0.15, 0.2) is 24.5 Å². The number of carbonyl (C=O) groups excluding carboxylic acids is 1. The number of primary amides is 1. The molecule has 0 aliphatic rings. The van der Waals surface area contributed by atoms with Gasteiger partial charge in [-0.25, -0.2) is 9.48 Å². The van der Waals surface area contributed by atoms with Crippen LogP contribution in [0, 0.1) is 0 Å². The number of hydrogen-bond donors (Lipinski definition) is 2. The molecule has 2 aromatic heterocycles. The van der Waals surface area contributed by atoms with Crippen LogP contribution in [-0.2, 0) is 19.3 Å². The van der Waals surface area contributed by atoms with Crippen LogP contribution in [-0.4, -0.2) is 26.0 Å². The maximum Gasteiger partial charge on any atom is 0.417 e. The molecule has 0 saturated carbocycles. The molecule has 2 heterocycles. The maximum absolute atomic E-state index is 12.4. The van der Waals surface area contributed by atoms with Crippen molar-refractivity contribution in [1.29, 1.82) is 0 Å². The van der Waals surface area contributed by atoms with Crippen LogP contribution in [0.2, 0.25) is 0 Å². The van der Waals surface area contributed by atoms with E-state index in [1.54, 1.807) is 0 Å². The molecule has 21 heavy (non-hydrogen) atoms.